The fraction of sp³-hybridized carbons (Fsp3) is 0.458. The average Bonchev–Trinajstić information content (AvgIpc) is 2.76. The Hall–Kier alpha value is -2.73. The molecule has 1 amide bonds. The summed E-state index contributed by atoms with van der Waals surface area (Å²) < 4.78 is 16.7. The van der Waals surface area contributed by atoms with Crippen LogP contribution in [0.2, 0.25) is 0 Å². The second kappa shape index (κ2) is 12.1. The minimum Gasteiger partial charge on any atom is -0.497 e. The lowest BCUT2D eigenvalue weighted by Crippen LogP contribution is -2.41. The molecule has 0 unspecified atom stereocenters. The summed E-state index contributed by atoms with van der Waals surface area (Å²) >= 11 is 0. The Bertz CT molecular complexity index is 773. The zero-order valence-electron chi connectivity index (χ0n) is 18.8. The van der Waals surface area contributed by atoms with Crippen molar-refractivity contribution >= 4 is 11.6 Å². The molecule has 2 rings (SSSR count). The number of methoxy groups -OCH3 is 1. The third-order valence-corrected chi connectivity index (χ3v) is 4.76. The molecule has 0 N–H and O–H groups in total. The Morgan fingerprint density at radius 1 is 0.933 bits per heavy atom. The number of hydrogen-bond acceptors (Lipinski definition) is 5. The minimum atomic E-state index is -0.0992. The highest BCUT2D eigenvalue weighted by Crippen LogP contribution is 2.22. The topological polar surface area (TPSA) is 51.2 Å². The van der Waals surface area contributed by atoms with E-state index in [1.54, 1.807) is 12.0 Å². The van der Waals surface area contributed by atoms with Crippen molar-refractivity contribution in [2.75, 3.05) is 44.8 Å². The second-order valence-corrected chi connectivity index (χ2v) is 7.20. The highest BCUT2D eigenvalue weighted by Gasteiger charge is 2.18. The zero-order valence-corrected chi connectivity index (χ0v) is 18.8. The fourth-order valence-electron chi connectivity index (χ4n) is 3.07. The third-order valence-electron chi connectivity index (χ3n) is 4.76. The number of amides is 1. The Morgan fingerprint density at radius 3 is 2.20 bits per heavy atom. The first-order chi connectivity index (χ1) is 14.5. The molecule has 0 spiro atoms. The van der Waals surface area contributed by atoms with Crippen LogP contribution in [0.4, 0.5) is 5.69 Å². The smallest absolute Gasteiger partial charge is 0.264 e. The van der Waals surface area contributed by atoms with Gasteiger partial charge in [-0.2, -0.15) is 0 Å². The quantitative estimate of drug-likeness (QED) is 0.520. The Labute approximate surface area is 180 Å². The van der Waals surface area contributed by atoms with Gasteiger partial charge in [0.2, 0.25) is 0 Å². The molecule has 0 aromatic heterocycles. The zero-order chi connectivity index (χ0) is 21.9. The molecule has 0 aliphatic rings. The molecule has 6 nitrogen and oxygen atoms in total. The maximum absolute atomic E-state index is 13.0. The maximum atomic E-state index is 13.0. The summed E-state index contributed by atoms with van der Waals surface area (Å²) in [6.45, 7) is 11.4. The Morgan fingerprint density at radius 2 is 1.60 bits per heavy atom. The van der Waals surface area contributed by atoms with Gasteiger partial charge in [0.15, 0.2) is 6.61 Å². The number of carbonyl (C=O) groups is 1. The van der Waals surface area contributed by atoms with E-state index in [0.29, 0.717) is 12.3 Å². The molecule has 2 aromatic rings. The van der Waals surface area contributed by atoms with E-state index in [2.05, 4.69) is 18.7 Å². The van der Waals surface area contributed by atoms with Crippen LogP contribution in [0, 0.1) is 0 Å². The van der Waals surface area contributed by atoms with Crippen LogP contribution < -0.4 is 19.1 Å². The highest BCUT2D eigenvalue weighted by atomic mass is 16.5. The molecule has 0 fully saturated rings. The van der Waals surface area contributed by atoms with Crippen LogP contribution in [0.3, 0.4) is 0 Å². The summed E-state index contributed by atoms with van der Waals surface area (Å²) in [5.41, 5.74) is 0.802. The summed E-state index contributed by atoms with van der Waals surface area (Å²) in [5, 5.41) is 0. The van der Waals surface area contributed by atoms with Crippen molar-refractivity contribution in [1.29, 1.82) is 0 Å². The second-order valence-electron chi connectivity index (χ2n) is 7.20. The van der Waals surface area contributed by atoms with E-state index < -0.39 is 0 Å². The lowest BCUT2D eigenvalue weighted by molar-refractivity contribution is -0.120. The van der Waals surface area contributed by atoms with Gasteiger partial charge >= 0.3 is 0 Å². The maximum Gasteiger partial charge on any atom is 0.264 e. The van der Waals surface area contributed by atoms with E-state index >= 15 is 0 Å². The first kappa shape index (κ1) is 23.5. The summed E-state index contributed by atoms with van der Waals surface area (Å²) in [4.78, 5) is 17.1. The fourth-order valence-corrected chi connectivity index (χ4v) is 3.07. The summed E-state index contributed by atoms with van der Waals surface area (Å²) in [6.07, 6.45) is 0.112. The Balaban J connectivity index is 2.07. The van der Waals surface area contributed by atoms with Gasteiger partial charge in [0.25, 0.3) is 5.91 Å². The van der Waals surface area contributed by atoms with Crippen molar-refractivity contribution in [2.45, 2.75) is 33.8 Å². The van der Waals surface area contributed by atoms with Gasteiger partial charge in [-0.15, -0.1) is 0 Å². The monoisotopic (exact) mass is 414 g/mol. The van der Waals surface area contributed by atoms with E-state index in [0.717, 1.165) is 36.8 Å². The molecule has 0 radical (unpaired) electrons. The number of anilines is 1. The molecule has 6 heteroatoms. The SMILES string of the molecule is CCN(CC)CCN(C(=O)COc1ccc(OC(C)C)cc1)c1cccc(OC)c1. The van der Waals surface area contributed by atoms with Crippen molar-refractivity contribution in [3.05, 3.63) is 48.5 Å². The molecular weight excluding hydrogens is 380 g/mol. The van der Waals surface area contributed by atoms with Gasteiger partial charge in [-0.25, -0.2) is 0 Å². The number of likely N-dealkylation sites (N-methyl/N-ethyl adjacent to an activating group) is 1. The van der Waals surface area contributed by atoms with Gasteiger partial charge < -0.3 is 24.0 Å². The van der Waals surface area contributed by atoms with Gasteiger partial charge in [-0.05, 0) is 63.3 Å². The molecule has 2 aromatic carbocycles. The molecule has 164 valence electrons. The third kappa shape index (κ3) is 7.26. The first-order valence-electron chi connectivity index (χ1n) is 10.5. The van der Waals surface area contributed by atoms with Crippen LogP contribution in [0.1, 0.15) is 27.7 Å². The van der Waals surface area contributed by atoms with Crippen molar-refractivity contribution in [1.82, 2.24) is 4.90 Å². The van der Waals surface area contributed by atoms with Crippen molar-refractivity contribution in [3.63, 3.8) is 0 Å². The number of hydrogen-bond donors (Lipinski definition) is 0. The van der Waals surface area contributed by atoms with Crippen LogP contribution in [-0.2, 0) is 4.79 Å². The van der Waals surface area contributed by atoms with Crippen LogP contribution in [0.15, 0.2) is 48.5 Å². The molecule has 0 heterocycles. The van der Waals surface area contributed by atoms with E-state index in [9.17, 15) is 4.79 Å². The average molecular weight is 415 g/mol. The van der Waals surface area contributed by atoms with Crippen LogP contribution in [0.25, 0.3) is 0 Å². The van der Waals surface area contributed by atoms with Crippen molar-refractivity contribution in [3.8, 4) is 17.2 Å². The molecule has 0 saturated heterocycles. The van der Waals surface area contributed by atoms with Gasteiger partial charge in [0.05, 0.1) is 13.2 Å². The Kier molecular flexibility index (Phi) is 9.48. The predicted molar refractivity (Wildman–Crippen MR) is 121 cm³/mol. The lowest BCUT2D eigenvalue weighted by atomic mass is 10.2. The van der Waals surface area contributed by atoms with Gasteiger partial charge in [0, 0.05) is 24.8 Å². The standard InChI is InChI=1S/C24H34N2O4/c1-6-25(7-2)15-16-26(20-9-8-10-23(17-20)28-5)24(27)18-29-21-11-13-22(14-12-21)30-19(3)4/h8-14,17,19H,6-7,15-16,18H2,1-5H3. The largest absolute Gasteiger partial charge is 0.497 e. The van der Waals surface area contributed by atoms with E-state index in [4.69, 9.17) is 14.2 Å². The normalized spacial score (nSPS) is 10.9. The number of rotatable bonds is 12. The predicted octanol–water partition coefficient (Wildman–Crippen LogP) is 4.24. The van der Waals surface area contributed by atoms with Crippen LogP contribution in [-0.4, -0.2) is 56.8 Å². The first-order valence-corrected chi connectivity index (χ1v) is 10.5. The number of nitrogens with zero attached hydrogens (tertiary/aromatic N) is 2. The molecule has 0 saturated carbocycles. The summed E-state index contributed by atoms with van der Waals surface area (Å²) in [5.74, 6) is 2.03. The molecule has 30 heavy (non-hydrogen) atoms. The van der Waals surface area contributed by atoms with E-state index in [1.165, 1.54) is 0 Å². The number of benzene rings is 2. The molecule has 0 aliphatic carbocycles. The van der Waals surface area contributed by atoms with Crippen LogP contribution in [0.5, 0.6) is 17.2 Å². The van der Waals surface area contributed by atoms with E-state index in [-0.39, 0.29) is 18.6 Å². The number of carbonyl (C=O) groups excluding carboxylic acids is 1. The van der Waals surface area contributed by atoms with Gasteiger partial charge in [-0.3, -0.25) is 4.79 Å². The molecular formula is C24H34N2O4. The van der Waals surface area contributed by atoms with Crippen LogP contribution >= 0.6 is 0 Å². The van der Waals surface area contributed by atoms with Gasteiger partial charge in [0.1, 0.15) is 17.2 Å². The number of ether oxygens (including phenoxy) is 3. The van der Waals surface area contributed by atoms with Crippen molar-refractivity contribution < 1.29 is 19.0 Å². The molecule has 0 bridgehead atoms. The lowest BCUT2D eigenvalue weighted by Gasteiger charge is -2.27. The summed E-state index contributed by atoms with van der Waals surface area (Å²) in [7, 11) is 1.62. The van der Waals surface area contributed by atoms with Crippen molar-refractivity contribution in [2.24, 2.45) is 0 Å². The van der Waals surface area contributed by atoms with Gasteiger partial charge in [-0.1, -0.05) is 19.9 Å². The molecule has 0 aliphatic heterocycles. The minimum absolute atomic E-state index is 0.0418. The van der Waals surface area contributed by atoms with E-state index in [1.807, 2.05) is 62.4 Å². The highest BCUT2D eigenvalue weighted by molar-refractivity contribution is 5.94. The summed E-state index contributed by atoms with van der Waals surface area (Å²) in [6, 6.07) is 14.9. The molecule has 0 atom stereocenters.